The molecule has 0 aliphatic carbocycles. The summed E-state index contributed by atoms with van der Waals surface area (Å²) in [5.74, 6) is -1.51. The third-order valence-corrected chi connectivity index (χ3v) is 2.27. The molecule has 76 valence electrons. The molecule has 1 aromatic heterocycles. The van der Waals surface area contributed by atoms with Crippen molar-refractivity contribution in [1.82, 2.24) is 4.98 Å². The van der Waals surface area contributed by atoms with Gasteiger partial charge in [0.2, 0.25) is 0 Å². The number of hydrogen-bond acceptors (Lipinski definition) is 3. The first-order chi connectivity index (χ1) is 6.57. The van der Waals surface area contributed by atoms with E-state index in [-0.39, 0.29) is 6.54 Å². The molecule has 0 saturated carbocycles. The summed E-state index contributed by atoms with van der Waals surface area (Å²) in [6.07, 6.45) is 3.32. The Bertz CT molecular complexity index is 330. The smallest absolute Gasteiger partial charge is 0.312 e. The number of aromatic nitrogens is 1. The molecule has 1 heterocycles. The third kappa shape index (κ3) is 1.90. The van der Waals surface area contributed by atoms with Gasteiger partial charge in [0.25, 0.3) is 0 Å². The van der Waals surface area contributed by atoms with E-state index >= 15 is 0 Å². The SMILES string of the molecule is Cc1cncc(C)c1C(CN)C(=O)O. The number of aliphatic carboxylic acids is 1. The highest BCUT2D eigenvalue weighted by molar-refractivity contribution is 5.77. The van der Waals surface area contributed by atoms with Crippen LogP contribution in [0.1, 0.15) is 22.6 Å². The maximum atomic E-state index is 10.9. The van der Waals surface area contributed by atoms with E-state index in [1.165, 1.54) is 0 Å². The van der Waals surface area contributed by atoms with Crippen molar-refractivity contribution in [3.63, 3.8) is 0 Å². The number of nitrogens with zero attached hydrogens (tertiary/aromatic N) is 1. The van der Waals surface area contributed by atoms with Crippen molar-refractivity contribution in [3.8, 4) is 0 Å². The molecule has 1 aromatic rings. The molecule has 1 rings (SSSR count). The van der Waals surface area contributed by atoms with Crippen LogP contribution in [0.15, 0.2) is 12.4 Å². The van der Waals surface area contributed by atoms with Gasteiger partial charge in [0.1, 0.15) is 0 Å². The van der Waals surface area contributed by atoms with Gasteiger partial charge < -0.3 is 10.8 Å². The number of hydrogen-bond donors (Lipinski definition) is 2. The van der Waals surface area contributed by atoms with Gasteiger partial charge in [0, 0.05) is 18.9 Å². The van der Waals surface area contributed by atoms with Crippen LogP contribution in [-0.4, -0.2) is 22.6 Å². The second kappa shape index (κ2) is 4.19. The van der Waals surface area contributed by atoms with Crippen LogP contribution >= 0.6 is 0 Å². The lowest BCUT2D eigenvalue weighted by molar-refractivity contribution is -0.138. The number of carboxylic acid groups (broad SMARTS) is 1. The Hall–Kier alpha value is -1.42. The quantitative estimate of drug-likeness (QED) is 0.747. The van der Waals surface area contributed by atoms with E-state index in [1.807, 2.05) is 13.8 Å². The lowest BCUT2D eigenvalue weighted by Gasteiger charge is -2.15. The number of carboxylic acids is 1. The zero-order valence-corrected chi connectivity index (χ0v) is 8.32. The van der Waals surface area contributed by atoms with Crippen molar-refractivity contribution in [2.24, 2.45) is 5.73 Å². The lowest BCUT2D eigenvalue weighted by Crippen LogP contribution is -2.23. The molecular formula is C10H14N2O2. The van der Waals surface area contributed by atoms with Crippen LogP contribution in [0.2, 0.25) is 0 Å². The van der Waals surface area contributed by atoms with Crippen LogP contribution in [0.4, 0.5) is 0 Å². The molecule has 4 heteroatoms. The molecule has 4 nitrogen and oxygen atoms in total. The number of nitrogens with two attached hydrogens (primary N) is 1. The van der Waals surface area contributed by atoms with Gasteiger partial charge in [-0.3, -0.25) is 9.78 Å². The predicted octanol–water partition coefficient (Wildman–Crippen LogP) is 0.825. The molecule has 0 amide bonds. The summed E-state index contributed by atoms with van der Waals surface area (Å²) >= 11 is 0. The molecule has 0 aromatic carbocycles. The highest BCUT2D eigenvalue weighted by Gasteiger charge is 2.21. The van der Waals surface area contributed by atoms with Crippen molar-refractivity contribution in [2.75, 3.05) is 6.54 Å². The summed E-state index contributed by atoms with van der Waals surface area (Å²) in [6, 6.07) is 0. The van der Waals surface area contributed by atoms with Gasteiger partial charge in [-0.15, -0.1) is 0 Å². The predicted molar refractivity (Wildman–Crippen MR) is 53.1 cm³/mol. The van der Waals surface area contributed by atoms with E-state index in [9.17, 15) is 4.79 Å². The second-order valence-corrected chi connectivity index (χ2v) is 3.31. The zero-order chi connectivity index (χ0) is 10.7. The fourth-order valence-electron chi connectivity index (χ4n) is 1.60. The fourth-order valence-corrected chi connectivity index (χ4v) is 1.60. The van der Waals surface area contributed by atoms with Crippen LogP contribution in [0.3, 0.4) is 0 Å². The van der Waals surface area contributed by atoms with Crippen molar-refractivity contribution in [3.05, 3.63) is 29.1 Å². The van der Waals surface area contributed by atoms with E-state index in [4.69, 9.17) is 10.8 Å². The Morgan fingerprint density at radius 3 is 2.36 bits per heavy atom. The Morgan fingerprint density at radius 1 is 1.50 bits per heavy atom. The molecule has 14 heavy (non-hydrogen) atoms. The minimum Gasteiger partial charge on any atom is -0.481 e. The van der Waals surface area contributed by atoms with Crippen molar-refractivity contribution in [1.29, 1.82) is 0 Å². The van der Waals surface area contributed by atoms with Gasteiger partial charge in [-0.1, -0.05) is 0 Å². The van der Waals surface area contributed by atoms with Crippen LogP contribution in [-0.2, 0) is 4.79 Å². The van der Waals surface area contributed by atoms with Gasteiger partial charge in [-0.25, -0.2) is 0 Å². The Kier molecular flexibility index (Phi) is 3.19. The minimum absolute atomic E-state index is 0.112. The monoisotopic (exact) mass is 194 g/mol. The Balaban J connectivity index is 3.22. The molecule has 3 N–H and O–H groups in total. The molecule has 1 atom stereocenters. The maximum Gasteiger partial charge on any atom is 0.312 e. The van der Waals surface area contributed by atoms with Crippen LogP contribution in [0.5, 0.6) is 0 Å². The van der Waals surface area contributed by atoms with E-state index < -0.39 is 11.9 Å². The normalized spacial score (nSPS) is 12.5. The maximum absolute atomic E-state index is 10.9. The first-order valence-electron chi connectivity index (χ1n) is 4.42. The van der Waals surface area contributed by atoms with E-state index in [0.29, 0.717) is 0 Å². The van der Waals surface area contributed by atoms with E-state index in [1.54, 1.807) is 12.4 Å². The van der Waals surface area contributed by atoms with Gasteiger partial charge in [-0.2, -0.15) is 0 Å². The van der Waals surface area contributed by atoms with Crippen molar-refractivity contribution in [2.45, 2.75) is 19.8 Å². The molecular weight excluding hydrogens is 180 g/mol. The summed E-state index contributed by atoms with van der Waals surface area (Å²) in [6.45, 7) is 3.81. The number of pyridine rings is 1. The largest absolute Gasteiger partial charge is 0.481 e. The van der Waals surface area contributed by atoms with E-state index in [2.05, 4.69) is 4.98 Å². The molecule has 0 bridgehead atoms. The second-order valence-electron chi connectivity index (χ2n) is 3.31. The lowest BCUT2D eigenvalue weighted by atomic mass is 9.93. The van der Waals surface area contributed by atoms with Crippen LogP contribution < -0.4 is 5.73 Å². The molecule has 0 aliphatic heterocycles. The summed E-state index contributed by atoms with van der Waals surface area (Å²) in [5.41, 5.74) is 7.98. The molecule has 0 saturated heterocycles. The standard InChI is InChI=1S/C10H14N2O2/c1-6-4-12-5-7(2)9(6)8(3-11)10(13)14/h4-5,8H,3,11H2,1-2H3,(H,13,14). The number of carbonyl (C=O) groups is 1. The Morgan fingerprint density at radius 2 is 2.00 bits per heavy atom. The summed E-state index contributed by atoms with van der Waals surface area (Å²) in [5, 5.41) is 8.98. The van der Waals surface area contributed by atoms with Gasteiger partial charge in [0.15, 0.2) is 0 Å². The topological polar surface area (TPSA) is 76.2 Å². The third-order valence-electron chi connectivity index (χ3n) is 2.27. The molecule has 0 spiro atoms. The molecule has 0 aliphatic rings. The number of rotatable bonds is 3. The summed E-state index contributed by atoms with van der Waals surface area (Å²) < 4.78 is 0. The van der Waals surface area contributed by atoms with Crippen LogP contribution in [0, 0.1) is 13.8 Å². The fraction of sp³-hybridized carbons (Fsp3) is 0.400. The van der Waals surface area contributed by atoms with Crippen molar-refractivity contribution >= 4 is 5.97 Å². The summed E-state index contributed by atoms with van der Waals surface area (Å²) in [4.78, 5) is 14.9. The highest BCUT2D eigenvalue weighted by Crippen LogP contribution is 2.22. The first-order valence-corrected chi connectivity index (χ1v) is 4.42. The minimum atomic E-state index is -0.884. The van der Waals surface area contributed by atoms with Gasteiger partial charge in [-0.05, 0) is 30.5 Å². The first kappa shape index (κ1) is 10.7. The van der Waals surface area contributed by atoms with Crippen molar-refractivity contribution < 1.29 is 9.90 Å². The average molecular weight is 194 g/mol. The Labute approximate surface area is 82.8 Å². The molecule has 0 fully saturated rings. The number of aryl methyl sites for hydroxylation is 2. The van der Waals surface area contributed by atoms with E-state index in [0.717, 1.165) is 16.7 Å². The van der Waals surface area contributed by atoms with Gasteiger partial charge >= 0.3 is 5.97 Å². The highest BCUT2D eigenvalue weighted by atomic mass is 16.4. The molecule has 1 unspecified atom stereocenters. The van der Waals surface area contributed by atoms with Gasteiger partial charge in [0.05, 0.1) is 5.92 Å². The average Bonchev–Trinajstić information content (AvgIpc) is 2.10. The molecule has 0 radical (unpaired) electrons. The van der Waals surface area contributed by atoms with Crippen LogP contribution in [0.25, 0.3) is 0 Å². The zero-order valence-electron chi connectivity index (χ0n) is 8.32. The summed E-state index contributed by atoms with van der Waals surface area (Å²) in [7, 11) is 0.